The molecule has 2 rings (SSSR count). The van der Waals surface area contributed by atoms with Crippen molar-refractivity contribution in [3.8, 4) is 0 Å². The van der Waals surface area contributed by atoms with Crippen LogP contribution in [-0.2, 0) is 6.42 Å². The van der Waals surface area contributed by atoms with E-state index in [1.54, 1.807) is 0 Å². The molecule has 0 nitrogen and oxygen atoms in total. The van der Waals surface area contributed by atoms with E-state index in [9.17, 15) is 0 Å². The van der Waals surface area contributed by atoms with Gasteiger partial charge in [0.1, 0.15) is 0 Å². The van der Waals surface area contributed by atoms with Crippen LogP contribution in [-0.4, -0.2) is 4.83 Å². The largest absolute Gasteiger partial charge is 0.0884 e. The van der Waals surface area contributed by atoms with Gasteiger partial charge in [-0.05, 0) is 49.7 Å². The molecule has 1 aromatic rings. The molecular weight excluding hydrogens is 248 g/mol. The molecule has 0 bridgehead atoms. The predicted octanol–water partition coefficient (Wildman–Crippen LogP) is 4.27. The lowest BCUT2D eigenvalue weighted by Crippen LogP contribution is -2.07. The van der Waals surface area contributed by atoms with Gasteiger partial charge in [-0.25, -0.2) is 0 Å². The zero-order valence-corrected chi connectivity index (χ0v) is 11.3. The van der Waals surface area contributed by atoms with Gasteiger partial charge in [-0.15, -0.1) is 0 Å². The first-order valence-electron chi connectivity index (χ1n) is 5.78. The van der Waals surface area contributed by atoms with Crippen LogP contribution in [0.15, 0.2) is 18.2 Å². The van der Waals surface area contributed by atoms with Gasteiger partial charge in [0.2, 0.25) is 0 Å². The van der Waals surface area contributed by atoms with Crippen molar-refractivity contribution in [1.29, 1.82) is 0 Å². The van der Waals surface area contributed by atoms with Crippen LogP contribution in [0.1, 0.15) is 30.0 Å². The minimum absolute atomic E-state index is 0.674. The van der Waals surface area contributed by atoms with Gasteiger partial charge in [0.05, 0.1) is 0 Å². The lowest BCUT2D eigenvalue weighted by Gasteiger charge is -2.12. The molecule has 1 heteroatoms. The molecule has 3 atom stereocenters. The van der Waals surface area contributed by atoms with Crippen molar-refractivity contribution in [2.45, 2.75) is 38.4 Å². The molecule has 0 aliphatic heterocycles. The minimum atomic E-state index is 0.674. The van der Waals surface area contributed by atoms with Gasteiger partial charge in [-0.3, -0.25) is 0 Å². The Bertz CT molecular complexity index is 356. The van der Waals surface area contributed by atoms with Crippen molar-refractivity contribution in [3.63, 3.8) is 0 Å². The first-order valence-corrected chi connectivity index (χ1v) is 6.69. The van der Waals surface area contributed by atoms with E-state index < -0.39 is 0 Å². The molecule has 0 N–H and O–H groups in total. The Kier molecular flexibility index (Phi) is 3.20. The summed E-state index contributed by atoms with van der Waals surface area (Å²) in [6, 6.07) is 6.76. The Morgan fingerprint density at radius 3 is 2.67 bits per heavy atom. The maximum Gasteiger partial charge on any atom is 0.0217 e. The van der Waals surface area contributed by atoms with Crippen LogP contribution in [0.2, 0.25) is 0 Å². The standard InChI is InChI=1S/C14H19Br/c1-9-4-5-10(2)12(6-9)8-14(15)13-7-11(13)3/h4-6,11,13-14H,7-8H2,1-3H3. The average molecular weight is 267 g/mol. The summed E-state index contributed by atoms with van der Waals surface area (Å²) in [5.41, 5.74) is 4.31. The zero-order chi connectivity index (χ0) is 11.0. The van der Waals surface area contributed by atoms with Crippen LogP contribution < -0.4 is 0 Å². The van der Waals surface area contributed by atoms with Crippen molar-refractivity contribution in [2.24, 2.45) is 11.8 Å². The monoisotopic (exact) mass is 266 g/mol. The molecule has 0 heterocycles. The van der Waals surface area contributed by atoms with E-state index in [0.29, 0.717) is 4.83 Å². The fourth-order valence-corrected chi connectivity index (χ4v) is 3.32. The van der Waals surface area contributed by atoms with E-state index in [1.807, 2.05) is 0 Å². The summed E-state index contributed by atoms with van der Waals surface area (Å²) in [7, 11) is 0. The summed E-state index contributed by atoms with van der Waals surface area (Å²) in [6.07, 6.45) is 2.59. The summed E-state index contributed by atoms with van der Waals surface area (Å²) in [6.45, 7) is 6.73. The van der Waals surface area contributed by atoms with Gasteiger partial charge in [0.15, 0.2) is 0 Å². The quantitative estimate of drug-likeness (QED) is 0.717. The summed E-state index contributed by atoms with van der Waals surface area (Å²) < 4.78 is 0. The van der Waals surface area contributed by atoms with E-state index in [2.05, 4.69) is 54.9 Å². The number of hydrogen-bond donors (Lipinski definition) is 0. The smallest absolute Gasteiger partial charge is 0.0217 e. The van der Waals surface area contributed by atoms with Crippen molar-refractivity contribution in [2.75, 3.05) is 0 Å². The predicted molar refractivity (Wildman–Crippen MR) is 69.6 cm³/mol. The molecule has 1 aliphatic carbocycles. The van der Waals surface area contributed by atoms with Crippen LogP contribution in [0.4, 0.5) is 0 Å². The Balaban J connectivity index is 2.06. The number of halogens is 1. The molecule has 15 heavy (non-hydrogen) atoms. The van der Waals surface area contributed by atoms with E-state index >= 15 is 0 Å². The van der Waals surface area contributed by atoms with Crippen LogP contribution in [0.3, 0.4) is 0 Å². The molecular formula is C14H19Br. The molecule has 82 valence electrons. The summed E-state index contributed by atoms with van der Waals surface area (Å²) in [5, 5.41) is 0. The highest BCUT2D eigenvalue weighted by Crippen LogP contribution is 2.44. The first kappa shape index (κ1) is 11.2. The van der Waals surface area contributed by atoms with E-state index in [0.717, 1.165) is 11.8 Å². The molecule has 1 fully saturated rings. The fraction of sp³-hybridized carbons (Fsp3) is 0.571. The Hall–Kier alpha value is -0.300. The van der Waals surface area contributed by atoms with E-state index in [4.69, 9.17) is 0 Å². The Morgan fingerprint density at radius 2 is 2.07 bits per heavy atom. The number of aryl methyl sites for hydroxylation is 2. The van der Waals surface area contributed by atoms with Crippen LogP contribution >= 0.6 is 15.9 Å². The van der Waals surface area contributed by atoms with Gasteiger partial charge in [-0.1, -0.05) is 46.6 Å². The third-order valence-corrected chi connectivity index (χ3v) is 4.56. The van der Waals surface area contributed by atoms with Gasteiger partial charge in [-0.2, -0.15) is 0 Å². The lowest BCUT2D eigenvalue weighted by atomic mass is 10.00. The lowest BCUT2D eigenvalue weighted by molar-refractivity contribution is 0.699. The van der Waals surface area contributed by atoms with Crippen molar-refractivity contribution < 1.29 is 0 Å². The number of benzene rings is 1. The maximum atomic E-state index is 3.84. The molecule has 0 amide bonds. The first-order chi connectivity index (χ1) is 7.08. The van der Waals surface area contributed by atoms with Crippen molar-refractivity contribution in [3.05, 3.63) is 34.9 Å². The summed E-state index contributed by atoms with van der Waals surface area (Å²) in [5.74, 6) is 1.84. The van der Waals surface area contributed by atoms with E-state index in [-0.39, 0.29) is 0 Å². The normalized spacial score (nSPS) is 26.4. The molecule has 0 radical (unpaired) electrons. The topological polar surface area (TPSA) is 0 Å². The van der Waals surface area contributed by atoms with Crippen LogP contribution in [0.25, 0.3) is 0 Å². The number of alkyl halides is 1. The zero-order valence-electron chi connectivity index (χ0n) is 9.76. The molecule has 1 saturated carbocycles. The molecule has 1 aliphatic rings. The van der Waals surface area contributed by atoms with Gasteiger partial charge in [0, 0.05) is 4.83 Å². The Morgan fingerprint density at radius 1 is 1.40 bits per heavy atom. The molecule has 1 aromatic carbocycles. The second-order valence-electron chi connectivity index (χ2n) is 5.03. The highest BCUT2D eigenvalue weighted by molar-refractivity contribution is 9.09. The highest BCUT2D eigenvalue weighted by atomic mass is 79.9. The second-order valence-corrected chi connectivity index (χ2v) is 6.20. The SMILES string of the molecule is Cc1ccc(C)c(CC(Br)C2CC2C)c1. The number of hydrogen-bond acceptors (Lipinski definition) is 0. The fourth-order valence-electron chi connectivity index (χ4n) is 2.24. The molecule has 0 saturated heterocycles. The van der Waals surface area contributed by atoms with Gasteiger partial charge >= 0.3 is 0 Å². The average Bonchev–Trinajstić information content (AvgIpc) is 2.89. The molecule has 0 aromatic heterocycles. The summed E-state index contributed by atoms with van der Waals surface area (Å²) in [4.78, 5) is 0.674. The van der Waals surface area contributed by atoms with Crippen molar-refractivity contribution in [1.82, 2.24) is 0 Å². The Labute approximate surface area is 101 Å². The third kappa shape index (κ3) is 2.63. The third-order valence-electron chi connectivity index (χ3n) is 3.56. The van der Waals surface area contributed by atoms with Crippen molar-refractivity contribution >= 4 is 15.9 Å². The van der Waals surface area contributed by atoms with Gasteiger partial charge < -0.3 is 0 Å². The second kappa shape index (κ2) is 4.29. The molecule has 3 unspecified atom stereocenters. The minimum Gasteiger partial charge on any atom is -0.0884 e. The molecule has 0 spiro atoms. The maximum absolute atomic E-state index is 3.84. The summed E-state index contributed by atoms with van der Waals surface area (Å²) >= 11 is 3.84. The number of rotatable bonds is 3. The van der Waals surface area contributed by atoms with Gasteiger partial charge in [0.25, 0.3) is 0 Å². The highest BCUT2D eigenvalue weighted by Gasteiger charge is 2.38. The van der Waals surface area contributed by atoms with E-state index in [1.165, 1.54) is 29.5 Å². The van der Waals surface area contributed by atoms with Crippen LogP contribution in [0, 0.1) is 25.7 Å². The van der Waals surface area contributed by atoms with Crippen LogP contribution in [0.5, 0.6) is 0 Å².